The van der Waals surface area contributed by atoms with Crippen LogP contribution < -0.4 is 11.6 Å². The second kappa shape index (κ2) is 12.4. The molecule has 1 saturated heterocycles. The first kappa shape index (κ1) is 24.9. The molecule has 5 N–H and O–H groups in total. The Kier molecular flexibility index (Phi) is 10.6. The molecule has 0 aliphatic carbocycles. The number of hydrogen-bond acceptors (Lipinski definition) is 8. The molecule has 1 aliphatic rings. The van der Waals surface area contributed by atoms with Crippen LogP contribution in [0, 0.1) is 0 Å². The summed E-state index contributed by atoms with van der Waals surface area (Å²) < 4.78 is 10.5. The van der Waals surface area contributed by atoms with Crippen LogP contribution >= 0.6 is 0 Å². The number of carbonyl (C=O) groups is 1. The molecular weight excluding hydrogens is 372 g/mol. The maximum atomic E-state index is 11.5. The number of rotatable bonds is 7. The highest BCUT2D eigenvalue weighted by Gasteiger charge is 2.28. The number of pyridine rings is 1. The first-order valence-electron chi connectivity index (χ1n) is 10.2. The van der Waals surface area contributed by atoms with E-state index in [9.17, 15) is 9.90 Å². The van der Waals surface area contributed by atoms with Gasteiger partial charge in [-0.1, -0.05) is 26.8 Å². The van der Waals surface area contributed by atoms with Gasteiger partial charge in [0.1, 0.15) is 0 Å². The molecule has 8 nitrogen and oxygen atoms in total. The van der Waals surface area contributed by atoms with Crippen LogP contribution in [-0.4, -0.2) is 54.5 Å². The summed E-state index contributed by atoms with van der Waals surface area (Å²) in [7, 11) is 3.01. The standard InChI is InChI=1S/C19H30N4O4.C2H6/c1-4-15-14(12-7-8-27-13(9-12)10-18(25)26-3)5-6-16(22-15)19(20)17(11-24)23(2)21;1-2/h5-6,12-13,24H,4,7-11,20-21H2,1-3H3;1-2H3/b19-17-;. The molecule has 29 heavy (non-hydrogen) atoms. The molecule has 0 aromatic carbocycles. The van der Waals surface area contributed by atoms with Crippen molar-refractivity contribution in [1.29, 1.82) is 0 Å². The molecule has 2 rings (SSSR count). The van der Waals surface area contributed by atoms with Crippen LogP contribution in [0.5, 0.6) is 0 Å². The van der Waals surface area contributed by atoms with Gasteiger partial charge in [-0.3, -0.25) is 9.78 Å². The molecule has 0 spiro atoms. The van der Waals surface area contributed by atoms with E-state index >= 15 is 0 Å². The van der Waals surface area contributed by atoms with E-state index in [1.807, 2.05) is 32.9 Å². The number of aliphatic hydroxyl groups is 1. The second-order valence-electron chi connectivity index (χ2n) is 6.71. The second-order valence-corrected chi connectivity index (χ2v) is 6.71. The predicted molar refractivity (Wildman–Crippen MR) is 113 cm³/mol. The van der Waals surface area contributed by atoms with Crippen molar-refractivity contribution in [3.05, 3.63) is 34.8 Å². The smallest absolute Gasteiger partial charge is 0.308 e. The molecule has 1 aromatic heterocycles. The molecule has 0 amide bonds. The molecule has 164 valence electrons. The summed E-state index contributed by atoms with van der Waals surface area (Å²) in [6, 6.07) is 3.89. The fourth-order valence-electron chi connectivity index (χ4n) is 3.43. The van der Waals surface area contributed by atoms with Crippen LogP contribution in [0.2, 0.25) is 0 Å². The topological polar surface area (TPSA) is 124 Å². The fraction of sp³-hybridized carbons (Fsp3) is 0.619. The van der Waals surface area contributed by atoms with Crippen LogP contribution in [0.3, 0.4) is 0 Å². The van der Waals surface area contributed by atoms with E-state index in [1.165, 1.54) is 12.1 Å². The number of hydrogen-bond donors (Lipinski definition) is 3. The molecular formula is C21H36N4O4. The number of hydrazine groups is 1. The van der Waals surface area contributed by atoms with Gasteiger partial charge < -0.3 is 25.3 Å². The number of nitrogens with zero attached hydrogens (tertiary/aromatic N) is 2. The summed E-state index contributed by atoms with van der Waals surface area (Å²) in [5.41, 5.74) is 9.64. The first-order valence-corrected chi connectivity index (χ1v) is 10.2. The van der Waals surface area contributed by atoms with Gasteiger partial charge in [-0.2, -0.15) is 0 Å². The Balaban J connectivity index is 0.00000204. The van der Waals surface area contributed by atoms with Gasteiger partial charge in [0.25, 0.3) is 0 Å². The van der Waals surface area contributed by atoms with E-state index < -0.39 is 0 Å². The lowest BCUT2D eigenvalue weighted by atomic mass is 9.86. The molecule has 1 fully saturated rings. The molecule has 0 radical (unpaired) electrons. The third-order valence-electron chi connectivity index (χ3n) is 4.94. The zero-order valence-electron chi connectivity index (χ0n) is 18.3. The molecule has 0 bridgehead atoms. The summed E-state index contributed by atoms with van der Waals surface area (Å²) >= 11 is 0. The van der Waals surface area contributed by atoms with Crippen molar-refractivity contribution in [2.24, 2.45) is 11.6 Å². The van der Waals surface area contributed by atoms with E-state index in [2.05, 4.69) is 0 Å². The number of nitrogens with two attached hydrogens (primary N) is 2. The van der Waals surface area contributed by atoms with Crippen molar-refractivity contribution in [2.75, 3.05) is 27.4 Å². The zero-order chi connectivity index (χ0) is 22.0. The van der Waals surface area contributed by atoms with Crippen molar-refractivity contribution >= 4 is 11.7 Å². The van der Waals surface area contributed by atoms with Crippen molar-refractivity contribution in [1.82, 2.24) is 9.99 Å². The summed E-state index contributed by atoms with van der Waals surface area (Å²) in [5.74, 6) is 5.73. The van der Waals surface area contributed by atoms with E-state index in [4.69, 9.17) is 26.0 Å². The van der Waals surface area contributed by atoms with Crippen LogP contribution in [0.15, 0.2) is 17.8 Å². The lowest BCUT2D eigenvalue weighted by Crippen LogP contribution is -2.30. The Hall–Kier alpha value is -2.16. The maximum absolute atomic E-state index is 11.5. The van der Waals surface area contributed by atoms with Crippen molar-refractivity contribution in [2.45, 2.75) is 58.5 Å². The van der Waals surface area contributed by atoms with Crippen LogP contribution in [-0.2, 0) is 20.7 Å². The Bertz CT molecular complexity index is 691. The van der Waals surface area contributed by atoms with E-state index in [0.29, 0.717) is 23.7 Å². The normalized spacial score (nSPS) is 19.6. The number of likely N-dealkylation sites (N-methyl/N-ethyl adjacent to an activating group) is 1. The summed E-state index contributed by atoms with van der Waals surface area (Å²) in [6.07, 6.45) is 2.50. The van der Waals surface area contributed by atoms with Crippen molar-refractivity contribution in [3.8, 4) is 0 Å². The average Bonchev–Trinajstić information content (AvgIpc) is 2.74. The highest BCUT2D eigenvalue weighted by Crippen LogP contribution is 2.33. The van der Waals surface area contributed by atoms with Gasteiger partial charge in [-0.15, -0.1) is 0 Å². The summed E-state index contributed by atoms with van der Waals surface area (Å²) in [6.45, 7) is 6.38. The summed E-state index contributed by atoms with van der Waals surface area (Å²) in [5, 5.41) is 10.8. The van der Waals surface area contributed by atoms with Crippen LogP contribution in [0.25, 0.3) is 5.70 Å². The van der Waals surface area contributed by atoms with Gasteiger partial charge in [0.2, 0.25) is 0 Å². The molecule has 1 aliphatic heterocycles. The lowest BCUT2D eigenvalue weighted by molar-refractivity contribution is -0.144. The number of carbonyl (C=O) groups excluding carboxylic acids is 1. The number of aliphatic hydroxyl groups excluding tert-OH is 1. The number of aryl methyl sites for hydroxylation is 1. The molecule has 2 unspecified atom stereocenters. The van der Waals surface area contributed by atoms with E-state index in [1.54, 1.807) is 7.05 Å². The van der Waals surface area contributed by atoms with Crippen molar-refractivity contribution < 1.29 is 19.4 Å². The van der Waals surface area contributed by atoms with Gasteiger partial charge in [-0.05, 0) is 36.8 Å². The Labute approximate surface area is 173 Å². The quantitative estimate of drug-likeness (QED) is 0.355. The number of ether oxygens (including phenoxy) is 2. The Morgan fingerprint density at radius 2 is 2.10 bits per heavy atom. The predicted octanol–water partition coefficient (Wildman–Crippen LogP) is 1.92. The minimum Gasteiger partial charge on any atom is -0.469 e. The summed E-state index contributed by atoms with van der Waals surface area (Å²) in [4.78, 5) is 16.3. The zero-order valence-corrected chi connectivity index (χ0v) is 18.3. The molecule has 0 saturated carbocycles. The van der Waals surface area contributed by atoms with Crippen molar-refractivity contribution in [3.63, 3.8) is 0 Å². The monoisotopic (exact) mass is 408 g/mol. The number of aromatic nitrogens is 1. The van der Waals surface area contributed by atoms with E-state index in [-0.39, 0.29) is 31.0 Å². The molecule has 8 heteroatoms. The SMILES string of the molecule is CC.CCc1nc(/C(N)=C(\CO)N(C)N)ccc1C1CCOC(CC(=O)OC)C1. The van der Waals surface area contributed by atoms with Gasteiger partial charge in [0.05, 0.1) is 43.3 Å². The van der Waals surface area contributed by atoms with Gasteiger partial charge in [-0.25, -0.2) is 5.84 Å². The van der Waals surface area contributed by atoms with Gasteiger partial charge in [0.15, 0.2) is 0 Å². The highest BCUT2D eigenvalue weighted by atomic mass is 16.5. The Morgan fingerprint density at radius 1 is 1.41 bits per heavy atom. The van der Waals surface area contributed by atoms with Gasteiger partial charge in [0, 0.05) is 19.3 Å². The maximum Gasteiger partial charge on any atom is 0.308 e. The molecule has 2 atom stereocenters. The molecule has 2 heterocycles. The average molecular weight is 409 g/mol. The van der Waals surface area contributed by atoms with Gasteiger partial charge >= 0.3 is 5.97 Å². The highest BCUT2D eigenvalue weighted by molar-refractivity contribution is 5.69. The minimum atomic E-state index is -0.265. The van der Waals surface area contributed by atoms with E-state index in [0.717, 1.165) is 30.5 Å². The van der Waals surface area contributed by atoms with Crippen LogP contribution in [0.4, 0.5) is 0 Å². The first-order chi connectivity index (χ1) is 13.9. The third kappa shape index (κ3) is 6.69. The Morgan fingerprint density at radius 3 is 2.66 bits per heavy atom. The number of esters is 1. The fourth-order valence-corrected chi connectivity index (χ4v) is 3.43. The number of methoxy groups -OCH3 is 1. The molecule has 1 aromatic rings. The lowest BCUT2D eigenvalue weighted by Gasteiger charge is -2.30. The largest absolute Gasteiger partial charge is 0.469 e. The van der Waals surface area contributed by atoms with Crippen LogP contribution in [0.1, 0.15) is 62.9 Å². The third-order valence-corrected chi connectivity index (χ3v) is 4.94. The minimum absolute atomic E-state index is 0.141.